The van der Waals surface area contributed by atoms with Crippen molar-refractivity contribution in [1.29, 1.82) is 0 Å². The first kappa shape index (κ1) is 14.5. The molecule has 0 radical (unpaired) electrons. The van der Waals surface area contributed by atoms with E-state index in [1.54, 1.807) is 6.92 Å². The van der Waals surface area contributed by atoms with Gasteiger partial charge in [0.1, 0.15) is 0 Å². The molecule has 0 saturated carbocycles. The number of carbonyl (C=O) groups excluding carboxylic acids is 1. The molecule has 0 aliphatic heterocycles. The summed E-state index contributed by atoms with van der Waals surface area (Å²) in [4.78, 5) is 11.5. The predicted molar refractivity (Wildman–Crippen MR) is 85.2 cm³/mol. The van der Waals surface area contributed by atoms with Gasteiger partial charge < -0.3 is 0 Å². The molecule has 2 aromatic rings. The van der Waals surface area contributed by atoms with Crippen LogP contribution in [0.1, 0.15) is 50.0 Å². The molecule has 1 heteroatoms. The van der Waals surface area contributed by atoms with Crippen LogP contribution in [-0.4, -0.2) is 5.78 Å². The van der Waals surface area contributed by atoms with E-state index in [1.807, 2.05) is 24.3 Å². The zero-order valence-electron chi connectivity index (χ0n) is 12.7. The van der Waals surface area contributed by atoms with Crippen molar-refractivity contribution in [2.45, 2.75) is 39.5 Å². The summed E-state index contributed by atoms with van der Waals surface area (Å²) in [6.07, 6.45) is 1.12. The lowest BCUT2D eigenvalue weighted by Gasteiger charge is -2.23. The summed E-state index contributed by atoms with van der Waals surface area (Å²) in [6.45, 7) is 8.34. The second-order valence-corrected chi connectivity index (χ2v) is 5.95. The monoisotopic (exact) mass is 266 g/mol. The maximum atomic E-state index is 11.5. The van der Waals surface area contributed by atoms with Crippen LogP contribution in [0.25, 0.3) is 11.1 Å². The highest BCUT2D eigenvalue weighted by molar-refractivity contribution is 5.95. The van der Waals surface area contributed by atoms with Crippen molar-refractivity contribution >= 4 is 5.78 Å². The quantitative estimate of drug-likeness (QED) is 0.691. The fourth-order valence-corrected chi connectivity index (χ4v) is 2.24. The Morgan fingerprint density at radius 2 is 1.65 bits per heavy atom. The van der Waals surface area contributed by atoms with Gasteiger partial charge in [-0.1, -0.05) is 63.2 Å². The molecule has 2 rings (SSSR count). The summed E-state index contributed by atoms with van der Waals surface area (Å²) >= 11 is 0. The zero-order valence-corrected chi connectivity index (χ0v) is 12.7. The van der Waals surface area contributed by atoms with Crippen molar-refractivity contribution in [2.24, 2.45) is 0 Å². The van der Waals surface area contributed by atoms with Crippen LogP contribution in [0.4, 0.5) is 0 Å². The molecule has 0 atom stereocenters. The van der Waals surface area contributed by atoms with Crippen molar-refractivity contribution in [3.63, 3.8) is 0 Å². The number of carbonyl (C=O) groups is 1. The molecule has 0 bridgehead atoms. The zero-order chi connectivity index (χ0) is 14.8. The average molecular weight is 266 g/mol. The molecule has 0 aliphatic carbocycles. The highest BCUT2D eigenvalue weighted by Crippen LogP contribution is 2.29. The Hall–Kier alpha value is -1.89. The third-order valence-corrected chi connectivity index (χ3v) is 4.15. The lowest BCUT2D eigenvalue weighted by molar-refractivity contribution is 0.101. The highest BCUT2D eigenvalue weighted by atomic mass is 16.1. The Kier molecular flexibility index (Phi) is 4.08. The van der Waals surface area contributed by atoms with E-state index in [9.17, 15) is 4.79 Å². The maximum absolute atomic E-state index is 11.5. The Morgan fingerprint density at radius 3 is 2.20 bits per heavy atom. The summed E-state index contributed by atoms with van der Waals surface area (Å²) in [6, 6.07) is 16.5. The standard InChI is InChI=1S/C19H22O/c1-5-19(3,4)18-11-9-15(10-12-18)17-8-6-7-16(13-17)14(2)20/h6-13H,5H2,1-4H3. The number of benzene rings is 2. The minimum atomic E-state index is 0.107. The van der Waals surface area contributed by atoms with E-state index >= 15 is 0 Å². The molecule has 0 heterocycles. The van der Waals surface area contributed by atoms with Crippen LogP contribution in [0.3, 0.4) is 0 Å². The van der Waals surface area contributed by atoms with Gasteiger partial charge >= 0.3 is 0 Å². The Morgan fingerprint density at radius 1 is 1.00 bits per heavy atom. The smallest absolute Gasteiger partial charge is 0.159 e. The van der Waals surface area contributed by atoms with Gasteiger partial charge in [-0.15, -0.1) is 0 Å². The summed E-state index contributed by atoms with van der Waals surface area (Å²) in [7, 11) is 0. The number of rotatable bonds is 4. The van der Waals surface area contributed by atoms with E-state index in [0.29, 0.717) is 0 Å². The highest BCUT2D eigenvalue weighted by Gasteiger charge is 2.17. The van der Waals surface area contributed by atoms with Crippen molar-refractivity contribution < 1.29 is 4.79 Å². The van der Waals surface area contributed by atoms with Gasteiger partial charge in [0.2, 0.25) is 0 Å². The topological polar surface area (TPSA) is 17.1 Å². The van der Waals surface area contributed by atoms with Crippen LogP contribution < -0.4 is 0 Å². The maximum Gasteiger partial charge on any atom is 0.159 e. The van der Waals surface area contributed by atoms with E-state index in [0.717, 1.165) is 23.1 Å². The first-order valence-electron chi connectivity index (χ1n) is 7.16. The molecule has 1 nitrogen and oxygen atoms in total. The van der Waals surface area contributed by atoms with E-state index in [2.05, 4.69) is 45.0 Å². The molecule has 0 amide bonds. The number of ketones is 1. The minimum Gasteiger partial charge on any atom is -0.295 e. The SMILES string of the molecule is CCC(C)(C)c1ccc(-c2cccc(C(C)=O)c2)cc1. The molecular formula is C19H22O. The summed E-state index contributed by atoms with van der Waals surface area (Å²) in [5.74, 6) is 0.107. The molecule has 0 saturated heterocycles. The number of hydrogen-bond donors (Lipinski definition) is 0. The van der Waals surface area contributed by atoms with E-state index in [-0.39, 0.29) is 11.2 Å². The fourth-order valence-electron chi connectivity index (χ4n) is 2.24. The molecular weight excluding hydrogens is 244 g/mol. The molecule has 2 aromatic carbocycles. The Labute approximate surface area is 121 Å². The van der Waals surface area contributed by atoms with Crippen molar-refractivity contribution in [3.05, 3.63) is 59.7 Å². The molecule has 0 N–H and O–H groups in total. The van der Waals surface area contributed by atoms with Crippen LogP contribution in [0, 0.1) is 0 Å². The molecule has 0 spiro atoms. The molecule has 0 unspecified atom stereocenters. The van der Waals surface area contributed by atoms with Crippen LogP contribution in [0.5, 0.6) is 0 Å². The first-order chi connectivity index (χ1) is 9.44. The number of Topliss-reactive ketones (excluding diaryl/α,β-unsaturated/α-hetero) is 1. The lowest BCUT2D eigenvalue weighted by atomic mass is 9.82. The van der Waals surface area contributed by atoms with Gasteiger partial charge in [0.15, 0.2) is 5.78 Å². The molecule has 0 aromatic heterocycles. The molecule has 0 fully saturated rings. The Balaban J connectivity index is 2.35. The third kappa shape index (κ3) is 2.98. The van der Waals surface area contributed by atoms with Crippen LogP contribution >= 0.6 is 0 Å². The minimum absolute atomic E-state index is 0.107. The van der Waals surface area contributed by atoms with Gasteiger partial charge in [0.05, 0.1) is 0 Å². The second-order valence-electron chi connectivity index (χ2n) is 5.95. The summed E-state index contributed by atoms with van der Waals surface area (Å²) in [5, 5.41) is 0. The van der Waals surface area contributed by atoms with Gasteiger partial charge in [0.25, 0.3) is 0 Å². The van der Waals surface area contributed by atoms with Crippen LogP contribution in [0.2, 0.25) is 0 Å². The van der Waals surface area contributed by atoms with Gasteiger partial charge in [-0.2, -0.15) is 0 Å². The van der Waals surface area contributed by atoms with Crippen molar-refractivity contribution in [3.8, 4) is 11.1 Å². The third-order valence-electron chi connectivity index (χ3n) is 4.15. The molecule has 104 valence electrons. The molecule has 20 heavy (non-hydrogen) atoms. The summed E-state index contributed by atoms with van der Waals surface area (Å²) < 4.78 is 0. The van der Waals surface area contributed by atoms with Crippen LogP contribution in [-0.2, 0) is 5.41 Å². The van der Waals surface area contributed by atoms with E-state index < -0.39 is 0 Å². The number of hydrogen-bond acceptors (Lipinski definition) is 1. The first-order valence-corrected chi connectivity index (χ1v) is 7.16. The fraction of sp³-hybridized carbons (Fsp3) is 0.316. The van der Waals surface area contributed by atoms with Crippen LogP contribution in [0.15, 0.2) is 48.5 Å². The van der Waals surface area contributed by atoms with Gasteiger partial charge in [-0.05, 0) is 41.5 Å². The van der Waals surface area contributed by atoms with Gasteiger partial charge in [-0.25, -0.2) is 0 Å². The van der Waals surface area contributed by atoms with Gasteiger partial charge in [-0.3, -0.25) is 4.79 Å². The normalized spacial score (nSPS) is 11.4. The summed E-state index contributed by atoms with van der Waals surface area (Å²) in [5.41, 5.74) is 4.58. The van der Waals surface area contributed by atoms with E-state index in [1.165, 1.54) is 5.56 Å². The second kappa shape index (κ2) is 5.62. The van der Waals surface area contributed by atoms with Gasteiger partial charge in [0, 0.05) is 5.56 Å². The molecule has 0 aliphatic rings. The lowest BCUT2D eigenvalue weighted by Crippen LogP contribution is -2.14. The van der Waals surface area contributed by atoms with Crippen molar-refractivity contribution in [1.82, 2.24) is 0 Å². The Bertz CT molecular complexity index is 606. The van der Waals surface area contributed by atoms with Crippen molar-refractivity contribution in [2.75, 3.05) is 0 Å². The van der Waals surface area contributed by atoms with E-state index in [4.69, 9.17) is 0 Å². The predicted octanol–water partition coefficient (Wildman–Crippen LogP) is 5.24. The average Bonchev–Trinajstić information content (AvgIpc) is 2.47. The largest absolute Gasteiger partial charge is 0.295 e.